The van der Waals surface area contributed by atoms with Crippen LogP contribution in [-0.2, 0) is 6.54 Å². The minimum Gasteiger partial charge on any atom is -0.356 e. The van der Waals surface area contributed by atoms with Crippen molar-refractivity contribution in [1.82, 2.24) is 9.97 Å². The molecule has 0 amide bonds. The Morgan fingerprint density at radius 3 is 2.52 bits per heavy atom. The normalized spacial score (nSPS) is 14.5. The van der Waals surface area contributed by atoms with E-state index in [1.54, 1.807) is 0 Å². The summed E-state index contributed by atoms with van der Waals surface area (Å²) >= 11 is 0. The second-order valence-corrected chi connectivity index (χ2v) is 5.70. The van der Waals surface area contributed by atoms with E-state index in [9.17, 15) is 0 Å². The smallest absolute Gasteiger partial charge is 0.227 e. The summed E-state index contributed by atoms with van der Waals surface area (Å²) in [4.78, 5) is 13.8. The van der Waals surface area contributed by atoms with E-state index in [1.165, 1.54) is 18.4 Å². The van der Waals surface area contributed by atoms with Crippen LogP contribution in [0.15, 0.2) is 36.4 Å². The van der Waals surface area contributed by atoms with Crippen LogP contribution in [0.3, 0.4) is 0 Å². The monoisotopic (exact) mass is 282 g/mol. The van der Waals surface area contributed by atoms with Crippen LogP contribution in [0, 0.1) is 6.92 Å². The van der Waals surface area contributed by atoms with Gasteiger partial charge in [-0.3, -0.25) is 0 Å². The minimum absolute atomic E-state index is 0.806. The molecule has 3 rings (SSSR count). The number of hydrogen-bond acceptors (Lipinski definition) is 4. The van der Waals surface area contributed by atoms with E-state index in [0.717, 1.165) is 37.1 Å². The van der Waals surface area contributed by atoms with E-state index in [4.69, 9.17) is 4.98 Å². The first-order valence-corrected chi connectivity index (χ1v) is 7.58. The van der Waals surface area contributed by atoms with Gasteiger partial charge in [-0.05, 0) is 25.3 Å². The predicted octanol–water partition coefficient (Wildman–Crippen LogP) is 3.02. The third-order valence-electron chi connectivity index (χ3n) is 3.86. The molecule has 1 aliphatic heterocycles. The lowest BCUT2D eigenvalue weighted by molar-refractivity contribution is 0.842. The zero-order chi connectivity index (χ0) is 14.7. The minimum atomic E-state index is 0.806. The Hall–Kier alpha value is -2.10. The summed E-state index contributed by atoms with van der Waals surface area (Å²) in [5.41, 5.74) is 2.30. The molecule has 110 valence electrons. The maximum absolute atomic E-state index is 4.75. The first kappa shape index (κ1) is 13.9. The number of anilines is 2. The molecule has 2 heterocycles. The highest BCUT2D eigenvalue weighted by Crippen LogP contribution is 2.21. The number of nitrogens with zero attached hydrogens (tertiary/aromatic N) is 4. The average Bonchev–Trinajstić information content (AvgIpc) is 3.02. The van der Waals surface area contributed by atoms with E-state index < -0.39 is 0 Å². The molecule has 4 nitrogen and oxygen atoms in total. The average molecular weight is 282 g/mol. The van der Waals surface area contributed by atoms with Gasteiger partial charge in [-0.2, -0.15) is 4.98 Å². The summed E-state index contributed by atoms with van der Waals surface area (Å²) in [6, 6.07) is 12.5. The number of rotatable bonds is 4. The fourth-order valence-corrected chi connectivity index (χ4v) is 2.74. The van der Waals surface area contributed by atoms with Gasteiger partial charge in [-0.15, -0.1) is 0 Å². The highest BCUT2D eigenvalue weighted by Gasteiger charge is 2.16. The van der Waals surface area contributed by atoms with Crippen LogP contribution >= 0.6 is 0 Å². The van der Waals surface area contributed by atoms with E-state index in [0.29, 0.717) is 0 Å². The Morgan fingerprint density at radius 1 is 1.10 bits per heavy atom. The Bertz CT molecular complexity index is 591. The van der Waals surface area contributed by atoms with Crippen molar-refractivity contribution in [2.75, 3.05) is 29.9 Å². The molecule has 21 heavy (non-hydrogen) atoms. The molecule has 1 aromatic heterocycles. The molecule has 0 atom stereocenters. The second kappa shape index (κ2) is 6.12. The third-order valence-corrected chi connectivity index (χ3v) is 3.86. The van der Waals surface area contributed by atoms with Gasteiger partial charge < -0.3 is 9.80 Å². The molecular weight excluding hydrogens is 260 g/mol. The lowest BCUT2D eigenvalue weighted by Crippen LogP contribution is -2.23. The Balaban J connectivity index is 1.80. The van der Waals surface area contributed by atoms with Gasteiger partial charge in [0.05, 0.1) is 0 Å². The summed E-state index contributed by atoms with van der Waals surface area (Å²) < 4.78 is 0. The molecular formula is C17H22N4. The molecule has 2 aromatic rings. The SMILES string of the molecule is Cc1cc(N2CCCC2)nc(N(C)Cc2ccccc2)n1. The van der Waals surface area contributed by atoms with Gasteiger partial charge in [0.1, 0.15) is 5.82 Å². The van der Waals surface area contributed by atoms with Crippen molar-refractivity contribution in [2.45, 2.75) is 26.3 Å². The van der Waals surface area contributed by atoms with Gasteiger partial charge in [0.25, 0.3) is 0 Å². The van der Waals surface area contributed by atoms with Crippen LogP contribution in [0.5, 0.6) is 0 Å². The second-order valence-electron chi connectivity index (χ2n) is 5.70. The van der Waals surface area contributed by atoms with Crippen molar-refractivity contribution in [2.24, 2.45) is 0 Å². The van der Waals surface area contributed by atoms with Crippen molar-refractivity contribution in [3.8, 4) is 0 Å². The van der Waals surface area contributed by atoms with Gasteiger partial charge in [0.2, 0.25) is 5.95 Å². The molecule has 0 N–H and O–H groups in total. The summed E-state index contributed by atoms with van der Waals surface area (Å²) in [5, 5.41) is 0. The fourth-order valence-electron chi connectivity index (χ4n) is 2.74. The predicted molar refractivity (Wildman–Crippen MR) is 86.8 cm³/mol. The standard InChI is InChI=1S/C17H22N4/c1-14-12-16(21-10-6-7-11-21)19-17(18-14)20(2)13-15-8-4-3-5-9-15/h3-5,8-9,12H,6-7,10-11,13H2,1-2H3. The molecule has 0 spiro atoms. The van der Waals surface area contributed by atoms with Crippen LogP contribution in [0.4, 0.5) is 11.8 Å². The quantitative estimate of drug-likeness (QED) is 0.863. The lowest BCUT2D eigenvalue weighted by atomic mass is 10.2. The highest BCUT2D eigenvalue weighted by molar-refractivity contribution is 5.46. The number of hydrogen-bond donors (Lipinski definition) is 0. The van der Waals surface area contributed by atoms with Crippen molar-refractivity contribution in [3.63, 3.8) is 0 Å². The maximum atomic E-state index is 4.75. The summed E-state index contributed by atoms with van der Waals surface area (Å²) in [6.07, 6.45) is 2.52. The van der Waals surface area contributed by atoms with Crippen molar-refractivity contribution < 1.29 is 0 Å². The van der Waals surface area contributed by atoms with Gasteiger partial charge in [0.15, 0.2) is 0 Å². The summed E-state index contributed by atoms with van der Waals surface area (Å²) in [6.45, 7) is 5.08. The van der Waals surface area contributed by atoms with Crippen LogP contribution in [-0.4, -0.2) is 30.1 Å². The molecule has 4 heteroatoms. The first-order valence-electron chi connectivity index (χ1n) is 7.58. The summed E-state index contributed by atoms with van der Waals surface area (Å²) in [7, 11) is 2.05. The van der Waals surface area contributed by atoms with Gasteiger partial charge in [-0.1, -0.05) is 30.3 Å². The Kier molecular flexibility index (Phi) is 4.04. The molecule has 0 bridgehead atoms. The molecule has 0 saturated carbocycles. The number of aromatic nitrogens is 2. The maximum Gasteiger partial charge on any atom is 0.227 e. The van der Waals surface area contributed by atoms with Crippen LogP contribution in [0.25, 0.3) is 0 Å². The molecule has 0 unspecified atom stereocenters. The number of benzene rings is 1. The van der Waals surface area contributed by atoms with E-state index >= 15 is 0 Å². The zero-order valence-electron chi connectivity index (χ0n) is 12.8. The molecule has 1 aromatic carbocycles. The van der Waals surface area contributed by atoms with Gasteiger partial charge in [-0.25, -0.2) is 4.98 Å². The van der Waals surface area contributed by atoms with Gasteiger partial charge in [0, 0.05) is 38.4 Å². The highest BCUT2D eigenvalue weighted by atomic mass is 15.3. The van der Waals surface area contributed by atoms with Crippen molar-refractivity contribution in [1.29, 1.82) is 0 Å². The molecule has 1 aliphatic rings. The Morgan fingerprint density at radius 2 is 1.81 bits per heavy atom. The van der Waals surface area contributed by atoms with Crippen LogP contribution in [0.2, 0.25) is 0 Å². The third kappa shape index (κ3) is 3.32. The summed E-state index contributed by atoms with van der Waals surface area (Å²) in [5.74, 6) is 1.87. The van der Waals surface area contributed by atoms with E-state index in [-0.39, 0.29) is 0 Å². The lowest BCUT2D eigenvalue weighted by Gasteiger charge is -2.21. The first-order chi connectivity index (χ1) is 10.2. The fraction of sp³-hybridized carbons (Fsp3) is 0.412. The zero-order valence-corrected chi connectivity index (χ0v) is 12.8. The molecule has 1 fully saturated rings. The van der Waals surface area contributed by atoms with Crippen molar-refractivity contribution >= 4 is 11.8 Å². The largest absolute Gasteiger partial charge is 0.356 e. The Labute approximate surface area is 126 Å². The molecule has 0 radical (unpaired) electrons. The van der Waals surface area contributed by atoms with Gasteiger partial charge >= 0.3 is 0 Å². The topological polar surface area (TPSA) is 32.3 Å². The van der Waals surface area contributed by atoms with E-state index in [2.05, 4.69) is 52.2 Å². The van der Waals surface area contributed by atoms with Crippen LogP contribution < -0.4 is 9.80 Å². The van der Waals surface area contributed by atoms with Crippen LogP contribution in [0.1, 0.15) is 24.1 Å². The van der Waals surface area contributed by atoms with E-state index in [1.807, 2.05) is 13.0 Å². The molecule has 1 saturated heterocycles. The van der Waals surface area contributed by atoms with Crippen molar-refractivity contribution in [3.05, 3.63) is 47.7 Å². The number of aryl methyl sites for hydroxylation is 1. The molecule has 0 aliphatic carbocycles.